The zero-order valence-electron chi connectivity index (χ0n) is 16.3. The molecule has 0 atom stereocenters. The molecular formula is C19H30N6OS. The van der Waals surface area contributed by atoms with E-state index in [-0.39, 0.29) is 5.91 Å². The van der Waals surface area contributed by atoms with Crippen LogP contribution in [-0.4, -0.2) is 45.0 Å². The molecule has 148 valence electrons. The van der Waals surface area contributed by atoms with Crippen molar-refractivity contribution in [3.63, 3.8) is 0 Å². The number of rotatable bonds is 9. The first-order chi connectivity index (χ1) is 13.2. The first-order valence-electron chi connectivity index (χ1n) is 9.99. The number of aromatic nitrogens is 4. The van der Waals surface area contributed by atoms with E-state index < -0.39 is 0 Å². The Morgan fingerprint density at radius 2 is 2.07 bits per heavy atom. The molecule has 2 aromatic heterocycles. The molecule has 0 unspecified atom stereocenters. The summed E-state index contributed by atoms with van der Waals surface area (Å²) in [6.45, 7) is 4.17. The number of thioether (sulfide) groups is 1. The summed E-state index contributed by atoms with van der Waals surface area (Å²) >= 11 is 1.52. The number of amides is 1. The van der Waals surface area contributed by atoms with E-state index in [0.717, 1.165) is 35.0 Å². The highest BCUT2D eigenvalue weighted by atomic mass is 32.2. The summed E-state index contributed by atoms with van der Waals surface area (Å²) in [6.07, 6.45) is 11.7. The van der Waals surface area contributed by atoms with Crippen LogP contribution in [0.2, 0.25) is 0 Å². The van der Waals surface area contributed by atoms with E-state index in [1.807, 2.05) is 10.9 Å². The molecule has 1 fully saturated rings. The van der Waals surface area contributed by atoms with Gasteiger partial charge in [0.2, 0.25) is 5.91 Å². The molecule has 7 nitrogen and oxygen atoms in total. The number of fused-ring (bicyclic) bond motifs is 1. The lowest BCUT2D eigenvalue weighted by atomic mass is 9.87. The number of hydrogen-bond acceptors (Lipinski definition) is 6. The highest BCUT2D eigenvalue weighted by Crippen LogP contribution is 2.26. The maximum atomic E-state index is 12.2. The zero-order chi connectivity index (χ0) is 19.1. The number of carbonyl (C=O) groups excluding carboxylic acids is 1. The Hall–Kier alpha value is -1.83. The van der Waals surface area contributed by atoms with E-state index >= 15 is 0 Å². The van der Waals surface area contributed by atoms with Gasteiger partial charge in [-0.1, -0.05) is 37.9 Å². The lowest BCUT2D eigenvalue weighted by Gasteiger charge is -2.20. The van der Waals surface area contributed by atoms with E-state index in [2.05, 4.69) is 32.6 Å². The van der Waals surface area contributed by atoms with Gasteiger partial charge in [0.15, 0.2) is 10.8 Å². The molecule has 1 saturated carbocycles. The summed E-state index contributed by atoms with van der Waals surface area (Å²) in [4.78, 5) is 21.4. The quantitative estimate of drug-likeness (QED) is 0.504. The van der Waals surface area contributed by atoms with Gasteiger partial charge in [-0.15, -0.1) is 0 Å². The molecule has 0 radical (unpaired) electrons. The molecule has 1 aliphatic carbocycles. The van der Waals surface area contributed by atoms with Gasteiger partial charge in [0.25, 0.3) is 0 Å². The lowest BCUT2D eigenvalue weighted by Crippen LogP contribution is -2.29. The Morgan fingerprint density at radius 1 is 1.26 bits per heavy atom. The van der Waals surface area contributed by atoms with E-state index in [9.17, 15) is 4.79 Å². The van der Waals surface area contributed by atoms with Crippen LogP contribution in [0, 0.1) is 5.92 Å². The van der Waals surface area contributed by atoms with E-state index in [1.165, 1.54) is 43.9 Å². The van der Waals surface area contributed by atoms with Crippen molar-refractivity contribution in [1.82, 2.24) is 25.1 Å². The highest BCUT2D eigenvalue weighted by molar-refractivity contribution is 7.98. The molecule has 0 aromatic carbocycles. The molecule has 2 N–H and O–H groups in total. The van der Waals surface area contributed by atoms with E-state index in [4.69, 9.17) is 0 Å². The van der Waals surface area contributed by atoms with Crippen molar-refractivity contribution in [2.75, 3.05) is 24.7 Å². The average molecular weight is 391 g/mol. The van der Waals surface area contributed by atoms with Crippen LogP contribution < -0.4 is 10.6 Å². The van der Waals surface area contributed by atoms with Crippen LogP contribution in [0.5, 0.6) is 0 Å². The maximum absolute atomic E-state index is 12.2. The van der Waals surface area contributed by atoms with Crippen LogP contribution in [0.4, 0.5) is 5.82 Å². The number of nitrogens with one attached hydrogen (secondary N) is 2. The fraction of sp³-hybridized carbons (Fsp3) is 0.684. The molecule has 2 heterocycles. The molecule has 1 amide bonds. The third-order valence-corrected chi connectivity index (χ3v) is 5.59. The minimum absolute atomic E-state index is 0.156. The van der Waals surface area contributed by atoms with Crippen molar-refractivity contribution in [3.8, 4) is 0 Å². The third kappa shape index (κ3) is 5.34. The number of anilines is 1. The third-order valence-electron chi connectivity index (χ3n) is 5.05. The molecular weight excluding hydrogens is 360 g/mol. The van der Waals surface area contributed by atoms with Crippen LogP contribution in [0.15, 0.2) is 11.4 Å². The van der Waals surface area contributed by atoms with Crippen molar-refractivity contribution < 1.29 is 4.79 Å². The molecule has 8 heteroatoms. The molecule has 0 aliphatic heterocycles. The van der Waals surface area contributed by atoms with Gasteiger partial charge in [-0.3, -0.25) is 4.79 Å². The number of carbonyl (C=O) groups is 1. The summed E-state index contributed by atoms with van der Waals surface area (Å²) in [6, 6.07) is 0. The second-order valence-electron chi connectivity index (χ2n) is 7.15. The first kappa shape index (κ1) is 19.9. The van der Waals surface area contributed by atoms with Crippen molar-refractivity contribution in [3.05, 3.63) is 6.20 Å². The van der Waals surface area contributed by atoms with Gasteiger partial charge < -0.3 is 10.6 Å². The molecule has 0 spiro atoms. The van der Waals surface area contributed by atoms with Crippen molar-refractivity contribution >= 4 is 34.5 Å². The summed E-state index contributed by atoms with van der Waals surface area (Å²) in [5.41, 5.74) is 0.814. The standard InChI is InChI=1S/C19H30N6OS/c1-3-9-21-17-15-13-22-25(18(15)24-19(23-17)27-2)11-10-20-16(26)12-14-7-5-4-6-8-14/h13-14H,3-12H2,1-2H3,(H,20,26)(H,21,23,24). The Kier molecular flexibility index (Phi) is 7.32. The van der Waals surface area contributed by atoms with Gasteiger partial charge in [0.05, 0.1) is 18.1 Å². The van der Waals surface area contributed by atoms with Gasteiger partial charge in [-0.2, -0.15) is 5.10 Å². The first-order valence-corrected chi connectivity index (χ1v) is 11.2. The number of nitrogens with zero attached hydrogens (tertiary/aromatic N) is 4. The SMILES string of the molecule is CCCNc1nc(SC)nc2c1cnn2CCNC(=O)CC1CCCCC1. The molecule has 3 rings (SSSR count). The minimum atomic E-state index is 0.156. The Balaban J connectivity index is 1.60. The second kappa shape index (κ2) is 9.92. The largest absolute Gasteiger partial charge is 0.369 e. The molecule has 2 aromatic rings. The molecule has 1 aliphatic rings. The van der Waals surface area contributed by atoms with E-state index in [0.29, 0.717) is 25.4 Å². The van der Waals surface area contributed by atoms with Crippen molar-refractivity contribution in [1.29, 1.82) is 0 Å². The average Bonchev–Trinajstić information content (AvgIpc) is 3.10. The van der Waals surface area contributed by atoms with Crippen LogP contribution in [0.1, 0.15) is 51.9 Å². The molecule has 0 saturated heterocycles. The zero-order valence-corrected chi connectivity index (χ0v) is 17.1. The van der Waals surface area contributed by atoms with Crippen LogP contribution >= 0.6 is 11.8 Å². The lowest BCUT2D eigenvalue weighted by molar-refractivity contribution is -0.122. The highest BCUT2D eigenvalue weighted by Gasteiger charge is 2.17. The predicted molar refractivity (Wildman–Crippen MR) is 110 cm³/mol. The summed E-state index contributed by atoms with van der Waals surface area (Å²) in [5.74, 6) is 1.55. The van der Waals surface area contributed by atoms with Gasteiger partial charge >= 0.3 is 0 Å². The fourth-order valence-electron chi connectivity index (χ4n) is 3.60. The Morgan fingerprint density at radius 3 is 2.81 bits per heavy atom. The van der Waals surface area contributed by atoms with Crippen LogP contribution in [0.3, 0.4) is 0 Å². The summed E-state index contributed by atoms with van der Waals surface area (Å²) in [5, 5.41) is 12.5. The summed E-state index contributed by atoms with van der Waals surface area (Å²) in [7, 11) is 0. The summed E-state index contributed by atoms with van der Waals surface area (Å²) < 4.78 is 1.86. The topological polar surface area (TPSA) is 84.7 Å². The number of hydrogen-bond donors (Lipinski definition) is 2. The van der Waals surface area contributed by atoms with Gasteiger partial charge in [0, 0.05) is 19.5 Å². The van der Waals surface area contributed by atoms with Crippen molar-refractivity contribution in [2.45, 2.75) is 63.6 Å². The normalized spacial score (nSPS) is 15.2. The van der Waals surface area contributed by atoms with Crippen molar-refractivity contribution in [2.24, 2.45) is 5.92 Å². The second-order valence-corrected chi connectivity index (χ2v) is 7.92. The van der Waals surface area contributed by atoms with Gasteiger partial charge in [-0.05, 0) is 31.4 Å². The van der Waals surface area contributed by atoms with Gasteiger partial charge in [0.1, 0.15) is 5.82 Å². The van der Waals surface area contributed by atoms with Gasteiger partial charge in [-0.25, -0.2) is 14.6 Å². The predicted octanol–water partition coefficient (Wildman–Crippen LogP) is 3.46. The van der Waals surface area contributed by atoms with Crippen LogP contribution in [-0.2, 0) is 11.3 Å². The monoisotopic (exact) mass is 390 g/mol. The molecule has 0 bridgehead atoms. The minimum Gasteiger partial charge on any atom is -0.369 e. The Bertz CT molecular complexity index is 756. The smallest absolute Gasteiger partial charge is 0.220 e. The van der Waals surface area contributed by atoms with E-state index in [1.54, 1.807) is 6.20 Å². The molecule has 27 heavy (non-hydrogen) atoms. The maximum Gasteiger partial charge on any atom is 0.220 e. The van der Waals surface area contributed by atoms with Crippen LogP contribution in [0.25, 0.3) is 11.0 Å². The Labute approximate surface area is 165 Å². The fourth-order valence-corrected chi connectivity index (χ4v) is 3.96.